The molecular formula is C20H26N4O6. The van der Waals surface area contributed by atoms with Crippen LogP contribution < -0.4 is 0 Å². The van der Waals surface area contributed by atoms with Crippen molar-refractivity contribution in [2.75, 3.05) is 14.2 Å². The van der Waals surface area contributed by atoms with Gasteiger partial charge in [-0.05, 0) is 33.3 Å². The van der Waals surface area contributed by atoms with E-state index in [0.29, 0.717) is 5.56 Å². The first-order chi connectivity index (χ1) is 14.2. The molecule has 1 aromatic rings. The van der Waals surface area contributed by atoms with E-state index in [1.165, 1.54) is 20.4 Å². The monoisotopic (exact) mass is 418 g/mol. The summed E-state index contributed by atoms with van der Waals surface area (Å²) in [6.07, 6.45) is 2.15. The number of ether oxygens (including phenoxy) is 2. The molecule has 10 nitrogen and oxygen atoms in total. The summed E-state index contributed by atoms with van der Waals surface area (Å²) in [4.78, 5) is 33.7. The van der Waals surface area contributed by atoms with Crippen LogP contribution in [0.1, 0.15) is 38.3 Å². The van der Waals surface area contributed by atoms with Gasteiger partial charge in [0, 0.05) is 18.2 Å². The van der Waals surface area contributed by atoms with Crippen molar-refractivity contribution in [2.24, 2.45) is 20.5 Å². The van der Waals surface area contributed by atoms with E-state index in [1.54, 1.807) is 32.9 Å². The van der Waals surface area contributed by atoms with Gasteiger partial charge in [-0.1, -0.05) is 34.6 Å². The number of hydrogen-bond acceptors (Lipinski definition) is 10. The summed E-state index contributed by atoms with van der Waals surface area (Å²) in [5.74, 6) is -1.40. The molecule has 0 amide bonds. The summed E-state index contributed by atoms with van der Waals surface area (Å²) in [7, 11) is 2.64. The number of esters is 2. The van der Waals surface area contributed by atoms with Crippen molar-refractivity contribution in [3.05, 3.63) is 35.4 Å². The van der Waals surface area contributed by atoms with Gasteiger partial charge in [-0.3, -0.25) is 0 Å². The summed E-state index contributed by atoms with van der Waals surface area (Å²) >= 11 is 0. The van der Waals surface area contributed by atoms with Gasteiger partial charge in [0.15, 0.2) is 11.4 Å². The van der Waals surface area contributed by atoms with Crippen molar-refractivity contribution >= 4 is 36.0 Å². The third-order valence-corrected chi connectivity index (χ3v) is 3.25. The molecule has 1 aromatic carbocycles. The van der Waals surface area contributed by atoms with Crippen LogP contribution in [0.3, 0.4) is 0 Å². The maximum atomic E-state index is 12.3. The third-order valence-electron chi connectivity index (χ3n) is 3.25. The molecule has 0 radical (unpaired) electrons. The van der Waals surface area contributed by atoms with Crippen LogP contribution in [-0.4, -0.2) is 55.8 Å². The highest BCUT2D eigenvalue weighted by Crippen LogP contribution is 2.10. The third kappa shape index (κ3) is 8.63. The largest absolute Gasteiger partial charge is 0.455 e. The molecule has 0 aliphatic carbocycles. The first-order valence-electron chi connectivity index (χ1n) is 8.94. The minimum absolute atomic E-state index is 0.00757. The van der Waals surface area contributed by atoms with Crippen LogP contribution in [0.2, 0.25) is 0 Å². The fourth-order valence-electron chi connectivity index (χ4n) is 2.06. The molecular weight excluding hydrogens is 392 g/mol. The number of aryl methyl sites for hydroxylation is 1. The van der Waals surface area contributed by atoms with Crippen LogP contribution in [0.4, 0.5) is 0 Å². The fourth-order valence-corrected chi connectivity index (χ4v) is 2.06. The van der Waals surface area contributed by atoms with E-state index in [-0.39, 0.29) is 17.8 Å². The quantitative estimate of drug-likeness (QED) is 0.263. The predicted molar refractivity (Wildman–Crippen MR) is 113 cm³/mol. The molecule has 162 valence electrons. The molecule has 10 heteroatoms. The average Bonchev–Trinajstić information content (AvgIpc) is 2.67. The molecule has 1 rings (SSSR count). The van der Waals surface area contributed by atoms with Gasteiger partial charge in [0.1, 0.15) is 19.8 Å². The van der Waals surface area contributed by atoms with Gasteiger partial charge in [-0.15, -0.1) is 5.10 Å². The lowest BCUT2D eigenvalue weighted by Gasteiger charge is -2.19. The Morgan fingerprint density at radius 1 is 1.00 bits per heavy atom. The number of carbonyl (C=O) groups excluding carboxylic acids is 2. The molecule has 0 atom stereocenters. The minimum atomic E-state index is -0.763. The summed E-state index contributed by atoms with van der Waals surface area (Å²) in [5.41, 5.74) is 0.725. The molecule has 0 spiro atoms. The standard InChI is InChI=1S/C20H26N4O6/c1-14-9-7-8-10-15(14)17(24-28-6)19(26)29-13-22-21-12-11-16(23-27-5)18(25)30-20(2,3)4/h7-10,12-13H,11H2,1-6H3/b21-12+,22-13+,23-16+,24-17-. The van der Waals surface area contributed by atoms with Gasteiger partial charge in [-0.25, -0.2) is 9.59 Å². The number of oxime groups is 2. The lowest BCUT2D eigenvalue weighted by molar-refractivity contribution is -0.146. The molecule has 30 heavy (non-hydrogen) atoms. The topological polar surface area (TPSA) is 121 Å². The van der Waals surface area contributed by atoms with Crippen molar-refractivity contribution in [1.82, 2.24) is 0 Å². The number of benzene rings is 1. The molecule has 0 unspecified atom stereocenters. The summed E-state index contributed by atoms with van der Waals surface area (Å²) < 4.78 is 10.2. The zero-order chi connectivity index (χ0) is 22.6. The Balaban J connectivity index is 2.70. The van der Waals surface area contributed by atoms with Crippen LogP contribution in [0.5, 0.6) is 0 Å². The molecule has 0 aromatic heterocycles. The van der Waals surface area contributed by atoms with Crippen LogP contribution >= 0.6 is 0 Å². The van der Waals surface area contributed by atoms with Gasteiger partial charge in [0.2, 0.25) is 6.40 Å². The van der Waals surface area contributed by atoms with E-state index in [9.17, 15) is 9.59 Å². The van der Waals surface area contributed by atoms with E-state index >= 15 is 0 Å². The zero-order valence-electron chi connectivity index (χ0n) is 17.9. The van der Waals surface area contributed by atoms with Gasteiger partial charge < -0.3 is 19.1 Å². The number of hydrogen-bond donors (Lipinski definition) is 0. The highest BCUT2D eigenvalue weighted by Gasteiger charge is 2.21. The van der Waals surface area contributed by atoms with Crippen molar-refractivity contribution in [2.45, 2.75) is 39.7 Å². The Hall–Kier alpha value is -3.56. The van der Waals surface area contributed by atoms with Crippen molar-refractivity contribution in [1.29, 1.82) is 0 Å². The normalized spacial score (nSPS) is 12.9. The van der Waals surface area contributed by atoms with Crippen LogP contribution in [-0.2, 0) is 28.7 Å². The highest BCUT2D eigenvalue weighted by atomic mass is 16.6. The molecule has 0 saturated carbocycles. The number of nitrogens with zero attached hydrogens (tertiary/aromatic N) is 4. The smallest absolute Gasteiger partial charge is 0.367 e. The summed E-state index contributed by atoms with van der Waals surface area (Å²) in [6.45, 7) is 7.04. The highest BCUT2D eigenvalue weighted by molar-refractivity contribution is 6.44. The Kier molecular flexibility index (Phi) is 9.87. The first kappa shape index (κ1) is 24.5. The lowest BCUT2D eigenvalue weighted by atomic mass is 10.0. The SMILES string of the molecule is CO/N=C(\C(=O)O/C=N/N=C/C/C(=N\OC)C(=O)OC(C)(C)C)c1ccccc1C. The van der Waals surface area contributed by atoms with Gasteiger partial charge in [0.25, 0.3) is 0 Å². The van der Waals surface area contributed by atoms with Gasteiger partial charge in [0.05, 0.1) is 0 Å². The van der Waals surface area contributed by atoms with Crippen LogP contribution in [0.25, 0.3) is 0 Å². The van der Waals surface area contributed by atoms with Crippen molar-refractivity contribution in [3.8, 4) is 0 Å². The van der Waals surface area contributed by atoms with Crippen LogP contribution in [0, 0.1) is 6.92 Å². The van der Waals surface area contributed by atoms with Gasteiger partial charge >= 0.3 is 11.9 Å². The van der Waals surface area contributed by atoms with Gasteiger partial charge in [-0.2, -0.15) is 5.10 Å². The minimum Gasteiger partial charge on any atom is -0.455 e. The maximum absolute atomic E-state index is 12.3. The first-order valence-corrected chi connectivity index (χ1v) is 8.94. The summed E-state index contributed by atoms with van der Waals surface area (Å²) in [6, 6.07) is 7.15. The number of carbonyl (C=O) groups is 2. The molecule has 0 heterocycles. The predicted octanol–water partition coefficient (Wildman–Crippen LogP) is 2.64. The van der Waals surface area contributed by atoms with E-state index in [1.807, 2.05) is 19.1 Å². The summed E-state index contributed by atoms with van der Waals surface area (Å²) in [5, 5.41) is 14.6. The second-order valence-electron chi connectivity index (χ2n) is 6.79. The van der Waals surface area contributed by atoms with E-state index in [0.717, 1.165) is 12.0 Å². The van der Waals surface area contributed by atoms with E-state index in [4.69, 9.17) is 14.3 Å². The molecule has 0 aliphatic rings. The van der Waals surface area contributed by atoms with Crippen LogP contribution in [0.15, 0.2) is 44.8 Å². The second-order valence-corrected chi connectivity index (χ2v) is 6.79. The molecule has 0 saturated heterocycles. The number of rotatable bonds is 9. The lowest BCUT2D eigenvalue weighted by Crippen LogP contribution is -2.29. The Labute approximate surface area is 175 Å². The Morgan fingerprint density at radius 3 is 2.27 bits per heavy atom. The maximum Gasteiger partial charge on any atom is 0.367 e. The molecule has 0 fully saturated rings. The Morgan fingerprint density at radius 2 is 1.67 bits per heavy atom. The molecule has 0 N–H and O–H groups in total. The van der Waals surface area contributed by atoms with E-state index in [2.05, 4.69) is 25.4 Å². The van der Waals surface area contributed by atoms with Crippen molar-refractivity contribution in [3.63, 3.8) is 0 Å². The average molecular weight is 418 g/mol. The van der Waals surface area contributed by atoms with Crippen molar-refractivity contribution < 1.29 is 28.7 Å². The molecule has 0 aliphatic heterocycles. The van der Waals surface area contributed by atoms with E-state index < -0.39 is 17.5 Å². The zero-order valence-corrected chi connectivity index (χ0v) is 17.9. The second kappa shape index (κ2) is 12.1. The Bertz CT molecular complexity index is 853. The molecule has 0 bridgehead atoms. The fraction of sp³-hybridized carbons (Fsp3) is 0.400.